The highest BCUT2D eigenvalue weighted by Crippen LogP contribution is 2.50. The van der Waals surface area contributed by atoms with Gasteiger partial charge in [0.2, 0.25) is 0 Å². The quantitative estimate of drug-likeness (QED) is 0.0922. The molecule has 0 saturated carbocycles. The van der Waals surface area contributed by atoms with Crippen molar-refractivity contribution in [3.05, 3.63) is 120 Å². The van der Waals surface area contributed by atoms with Crippen molar-refractivity contribution in [1.29, 1.82) is 0 Å². The predicted molar refractivity (Wildman–Crippen MR) is 190 cm³/mol. The Hall–Kier alpha value is -5.27. The van der Waals surface area contributed by atoms with Crippen LogP contribution in [0.2, 0.25) is 0 Å². The summed E-state index contributed by atoms with van der Waals surface area (Å²) < 4.78 is 44.9. The maximum Gasteiger partial charge on any atom is 0.338 e. The average Bonchev–Trinajstić information content (AvgIpc) is 3.74. The van der Waals surface area contributed by atoms with Crippen molar-refractivity contribution in [2.45, 2.75) is 44.6 Å². The number of benzene rings is 3. The highest BCUT2D eigenvalue weighted by molar-refractivity contribution is 7.53. The Labute approximate surface area is 300 Å². The van der Waals surface area contributed by atoms with Gasteiger partial charge in [-0.2, -0.15) is 0 Å². The molecular weight excluding hydrogens is 689 g/mol. The van der Waals surface area contributed by atoms with Gasteiger partial charge in [0.1, 0.15) is 6.33 Å². The number of esters is 2. The summed E-state index contributed by atoms with van der Waals surface area (Å²) in [5.41, 5.74) is -0.129. The van der Waals surface area contributed by atoms with Gasteiger partial charge < -0.3 is 28.6 Å². The molecule has 270 valence electrons. The number of hydrogen-bond donors (Lipinski definition) is 1. The first-order valence-corrected chi connectivity index (χ1v) is 18.6. The minimum Gasteiger partial charge on any atom is -0.450 e. The molecule has 1 N–H and O–H groups in total. The molecule has 52 heavy (non-hydrogen) atoms. The number of fused-ring (bicyclic) bond motifs is 1. The van der Waals surface area contributed by atoms with Gasteiger partial charge >= 0.3 is 19.5 Å². The van der Waals surface area contributed by atoms with Crippen molar-refractivity contribution in [2.75, 3.05) is 31.3 Å². The Bertz CT molecular complexity index is 2040. The molecule has 5 aromatic rings. The van der Waals surface area contributed by atoms with Crippen molar-refractivity contribution in [1.82, 2.24) is 19.5 Å². The van der Waals surface area contributed by atoms with Crippen LogP contribution in [0, 0.1) is 0 Å². The first-order valence-electron chi connectivity index (χ1n) is 16.8. The van der Waals surface area contributed by atoms with E-state index in [9.17, 15) is 18.9 Å². The first-order chi connectivity index (χ1) is 25.3. The van der Waals surface area contributed by atoms with Crippen molar-refractivity contribution in [3.8, 4) is 0 Å². The number of carbonyl (C=O) groups excluding carboxylic acids is 3. The first kappa shape index (κ1) is 36.5. The Balaban J connectivity index is 1.39. The van der Waals surface area contributed by atoms with E-state index in [1.54, 1.807) is 109 Å². The van der Waals surface area contributed by atoms with Crippen molar-refractivity contribution in [2.24, 2.45) is 0 Å². The molecular formula is C37H38N5O9P. The van der Waals surface area contributed by atoms with E-state index in [4.69, 9.17) is 23.3 Å². The second-order valence-corrected chi connectivity index (χ2v) is 14.0. The number of hydrogen-bond acceptors (Lipinski definition) is 12. The molecule has 1 amide bonds. The summed E-state index contributed by atoms with van der Waals surface area (Å²) in [7, 11) is -3.48. The van der Waals surface area contributed by atoms with E-state index in [0.717, 1.165) is 0 Å². The van der Waals surface area contributed by atoms with Crippen molar-refractivity contribution >= 4 is 42.4 Å². The lowest BCUT2D eigenvalue weighted by atomic mass is 9.92. The van der Waals surface area contributed by atoms with E-state index >= 15 is 0 Å². The van der Waals surface area contributed by atoms with Gasteiger partial charge in [0.25, 0.3) is 5.91 Å². The zero-order valence-electron chi connectivity index (χ0n) is 28.6. The SMILES string of the molecule is CCOP(=O)(CCC[C@@]1(OC(=O)c2ccccc2)CO[C@@H](n2cnc3c(NC(=O)c4ccccc4)ncnc32)[C@@H]1OC(=O)c1ccccc1)OCC. The van der Waals surface area contributed by atoms with E-state index < -0.39 is 43.4 Å². The standard InChI is InChI=1S/C37H38N5O9P/c1-3-48-52(46,49-4-2)22-14-21-37(51-36(45)28-19-12-7-13-20-28)23-47-34(30(37)50-35(44)27-17-10-6-11-18-27)42-25-40-29-31(38-24-39-32(29)42)41-33(43)26-15-8-5-9-16-26/h5-13,15-20,24-25,30,34H,3-4,14,21-23H2,1-2H3,(H,38,39,41,43)/t30-,34+,37+/m0/s1. The molecule has 1 fully saturated rings. The van der Waals surface area contributed by atoms with Gasteiger partial charge in [-0.3, -0.25) is 13.9 Å². The van der Waals surface area contributed by atoms with Crippen LogP contribution in [0.1, 0.15) is 64.0 Å². The fourth-order valence-corrected chi connectivity index (χ4v) is 7.67. The summed E-state index contributed by atoms with van der Waals surface area (Å²) in [6.45, 7) is 3.59. The molecule has 6 rings (SSSR count). The van der Waals surface area contributed by atoms with Crippen molar-refractivity contribution in [3.63, 3.8) is 0 Å². The largest absolute Gasteiger partial charge is 0.450 e. The molecule has 3 heterocycles. The third-order valence-corrected chi connectivity index (χ3v) is 10.6. The van der Waals surface area contributed by atoms with E-state index in [-0.39, 0.29) is 66.9 Å². The third kappa shape index (κ3) is 8.11. The van der Waals surface area contributed by atoms with Crippen LogP contribution >= 0.6 is 7.60 Å². The van der Waals surface area contributed by atoms with Crippen LogP contribution in [-0.4, -0.2) is 75.1 Å². The van der Waals surface area contributed by atoms with Gasteiger partial charge in [0.05, 0.1) is 43.4 Å². The highest BCUT2D eigenvalue weighted by atomic mass is 31.2. The molecule has 0 unspecified atom stereocenters. The second kappa shape index (κ2) is 16.4. The van der Waals surface area contributed by atoms with E-state index in [2.05, 4.69) is 20.3 Å². The van der Waals surface area contributed by atoms with Crippen LogP contribution in [0.5, 0.6) is 0 Å². The lowest BCUT2D eigenvalue weighted by Crippen LogP contribution is -2.49. The lowest BCUT2D eigenvalue weighted by molar-refractivity contribution is -0.0901. The Morgan fingerprint density at radius 1 is 0.846 bits per heavy atom. The Morgan fingerprint density at radius 3 is 2.06 bits per heavy atom. The number of carbonyl (C=O) groups is 3. The monoisotopic (exact) mass is 727 g/mol. The molecule has 2 aromatic heterocycles. The number of aromatic nitrogens is 4. The smallest absolute Gasteiger partial charge is 0.338 e. The molecule has 14 nitrogen and oxygen atoms in total. The predicted octanol–water partition coefficient (Wildman–Crippen LogP) is 6.48. The molecule has 3 aromatic carbocycles. The maximum atomic E-state index is 13.7. The zero-order valence-corrected chi connectivity index (χ0v) is 29.5. The molecule has 1 saturated heterocycles. The van der Waals surface area contributed by atoms with Crippen molar-refractivity contribution < 1.29 is 42.2 Å². The Morgan fingerprint density at radius 2 is 1.44 bits per heavy atom. The number of imidazole rings is 1. The summed E-state index contributed by atoms with van der Waals surface area (Å²) in [5.74, 6) is -1.61. The molecule has 3 atom stereocenters. The van der Waals surface area contributed by atoms with Crippen LogP contribution in [-0.2, 0) is 27.8 Å². The highest BCUT2D eigenvalue weighted by Gasteiger charge is 2.57. The van der Waals surface area contributed by atoms with Crippen LogP contribution in [0.4, 0.5) is 5.82 Å². The summed E-state index contributed by atoms with van der Waals surface area (Å²) in [4.78, 5) is 53.7. The van der Waals surface area contributed by atoms with Gasteiger partial charge in [0.15, 0.2) is 34.9 Å². The molecule has 0 bridgehead atoms. The van der Waals surface area contributed by atoms with Gasteiger partial charge in [-0.25, -0.2) is 24.5 Å². The fraction of sp³-hybridized carbons (Fsp3) is 0.297. The topological polar surface area (TPSA) is 170 Å². The summed E-state index contributed by atoms with van der Waals surface area (Å²) >= 11 is 0. The van der Waals surface area contributed by atoms with Crippen LogP contribution in [0.25, 0.3) is 11.2 Å². The maximum absolute atomic E-state index is 13.7. The number of anilines is 1. The number of nitrogens with zero attached hydrogens (tertiary/aromatic N) is 4. The van der Waals surface area contributed by atoms with Gasteiger partial charge in [0, 0.05) is 5.56 Å². The number of ether oxygens (including phenoxy) is 3. The summed E-state index contributed by atoms with van der Waals surface area (Å²) in [5, 5.41) is 2.78. The molecule has 15 heteroatoms. The number of amides is 1. The zero-order chi connectivity index (χ0) is 36.6. The lowest BCUT2D eigenvalue weighted by Gasteiger charge is -2.35. The van der Waals surface area contributed by atoms with E-state index in [1.165, 1.54) is 12.7 Å². The average molecular weight is 728 g/mol. The number of rotatable bonds is 15. The van der Waals surface area contributed by atoms with E-state index in [1.807, 2.05) is 0 Å². The Kier molecular flexibility index (Phi) is 11.5. The van der Waals surface area contributed by atoms with E-state index in [0.29, 0.717) is 5.56 Å². The van der Waals surface area contributed by atoms with Gasteiger partial charge in [-0.15, -0.1) is 0 Å². The minimum atomic E-state index is -3.48. The summed E-state index contributed by atoms with van der Waals surface area (Å²) in [6.07, 6.45) is 0.577. The molecule has 1 aliphatic heterocycles. The van der Waals surface area contributed by atoms with Gasteiger partial charge in [-0.1, -0.05) is 54.6 Å². The molecule has 0 spiro atoms. The molecule has 0 radical (unpaired) electrons. The summed E-state index contributed by atoms with van der Waals surface area (Å²) in [6, 6.07) is 25.4. The minimum absolute atomic E-state index is 0.00897. The fourth-order valence-electron chi connectivity index (χ4n) is 6.01. The van der Waals surface area contributed by atoms with Crippen LogP contribution < -0.4 is 5.32 Å². The molecule has 0 aliphatic carbocycles. The second-order valence-electron chi connectivity index (χ2n) is 11.9. The normalized spacial score (nSPS) is 18.6. The number of nitrogens with one attached hydrogen (secondary N) is 1. The molecule has 1 aliphatic rings. The van der Waals surface area contributed by atoms with Gasteiger partial charge in [-0.05, 0) is 63.1 Å². The van der Waals surface area contributed by atoms with Crippen LogP contribution in [0.3, 0.4) is 0 Å². The third-order valence-electron chi connectivity index (χ3n) is 8.41. The van der Waals surface area contributed by atoms with Crippen LogP contribution in [0.15, 0.2) is 104 Å².